The summed E-state index contributed by atoms with van der Waals surface area (Å²) in [6, 6.07) is 8.74. The van der Waals surface area contributed by atoms with Crippen molar-refractivity contribution in [3.05, 3.63) is 59.7 Å². The SMILES string of the molecule is Cc1noc(C)c1S(=O)(=O)NC(Cn1nccn1)c1ccccc1. The zero-order chi connectivity index (χ0) is 17.2. The van der Waals surface area contributed by atoms with Gasteiger partial charge in [-0.05, 0) is 19.4 Å². The lowest BCUT2D eigenvalue weighted by molar-refractivity contribution is 0.390. The van der Waals surface area contributed by atoms with E-state index in [1.54, 1.807) is 26.2 Å². The molecule has 0 saturated carbocycles. The first kappa shape index (κ1) is 16.3. The van der Waals surface area contributed by atoms with Crippen LogP contribution in [0.3, 0.4) is 0 Å². The molecule has 0 amide bonds. The number of nitrogens with zero attached hydrogens (tertiary/aromatic N) is 4. The van der Waals surface area contributed by atoms with Crippen LogP contribution in [0.2, 0.25) is 0 Å². The summed E-state index contributed by atoms with van der Waals surface area (Å²) in [6.07, 6.45) is 3.09. The van der Waals surface area contributed by atoms with Gasteiger partial charge in [-0.3, -0.25) is 0 Å². The molecule has 3 aromatic rings. The lowest BCUT2D eigenvalue weighted by Crippen LogP contribution is -2.32. The second-order valence-corrected chi connectivity index (χ2v) is 6.97. The monoisotopic (exact) mass is 347 g/mol. The average molecular weight is 347 g/mol. The van der Waals surface area contributed by atoms with E-state index in [0.717, 1.165) is 5.56 Å². The predicted octanol–water partition coefficient (Wildman–Crippen LogP) is 1.60. The van der Waals surface area contributed by atoms with Crippen LogP contribution in [0.1, 0.15) is 23.1 Å². The molecule has 1 atom stereocenters. The molecule has 3 rings (SSSR count). The smallest absolute Gasteiger partial charge is 0.246 e. The van der Waals surface area contributed by atoms with Gasteiger partial charge in [-0.2, -0.15) is 15.0 Å². The number of sulfonamides is 1. The molecule has 24 heavy (non-hydrogen) atoms. The van der Waals surface area contributed by atoms with E-state index in [4.69, 9.17) is 4.52 Å². The van der Waals surface area contributed by atoms with E-state index >= 15 is 0 Å². The lowest BCUT2D eigenvalue weighted by atomic mass is 10.1. The van der Waals surface area contributed by atoms with E-state index in [2.05, 4.69) is 20.1 Å². The minimum absolute atomic E-state index is 0.0665. The molecule has 0 aliphatic heterocycles. The molecule has 1 aromatic carbocycles. The molecule has 1 unspecified atom stereocenters. The Labute approximate surface area is 139 Å². The third kappa shape index (κ3) is 3.36. The molecular formula is C15H17N5O3S. The van der Waals surface area contributed by atoms with E-state index in [-0.39, 0.29) is 17.2 Å². The van der Waals surface area contributed by atoms with Crippen LogP contribution in [-0.2, 0) is 16.6 Å². The van der Waals surface area contributed by atoms with Gasteiger partial charge < -0.3 is 4.52 Å². The van der Waals surface area contributed by atoms with Crippen molar-refractivity contribution in [2.24, 2.45) is 0 Å². The Balaban J connectivity index is 1.94. The fourth-order valence-corrected chi connectivity index (χ4v) is 4.05. The van der Waals surface area contributed by atoms with Crippen molar-refractivity contribution >= 4 is 10.0 Å². The standard InChI is InChI=1S/C15H17N5O3S/c1-11-15(12(2)23-18-11)24(21,22)19-14(10-20-16-8-9-17-20)13-6-4-3-5-7-13/h3-9,14,19H,10H2,1-2H3. The highest BCUT2D eigenvalue weighted by molar-refractivity contribution is 7.89. The van der Waals surface area contributed by atoms with Gasteiger partial charge in [0.05, 0.1) is 25.0 Å². The van der Waals surface area contributed by atoms with Crippen LogP contribution in [0.25, 0.3) is 0 Å². The molecule has 8 nitrogen and oxygen atoms in total. The van der Waals surface area contributed by atoms with Crippen molar-refractivity contribution in [2.45, 2.75) is 31.3 Å². The molecule has 0 radical (unpaired) electrons. The summed E-state index contributed by atoms with van der Waals surface area (Å²) in [6.45, 7) is 3.43. The van der Waals surface area contributed by atoms with Crippen LogP contribution in [0, 0.1) is 13.8 Å². The molecule has 2 aromatic heterocycles. The summed E-state index contributed by atoms with van der Waals surface area (Å²) >= 11 is 0. The Kier molecular flexibility index (Phi) is 4.45. The second-order valence-electron chi connectivity index (χ2n) is 5.32. The first-order chi connectivity index (χ1) is 11.5. The molecule has 0 aliphatic rings. The summed E-state index contributed by atoms with van der Waals surface area (Å²) in [5.74, 6) is 0.254. The third-order valence-corrected chi connectivity index (χ3v) is 5.26. The van der Waals surface area contributed by atoms with Gasteiger partial charge in [-0.25, -0.2) is 13.1 Å². The summed E-state index contributed by atoms with van der Waals surface area (Å²) in [4.78, 5) is 1.50. The van der Waals surface area contributed by atoms with Gasteiger partial charge >= 0.3 is 0 Å². The number of rotatable bonds is 6. The second kappa shape index (κ2) is 6.54. The minimum Gasteiger partial charge on any atom is -0.360 e. The van der Waals surface area contributed by atoms with Crippen LogP contribution >= 0.6 is 0 Å². The zero-order valence-electron chi connectivity index (χ0n) is 13.2. The van der Waals surface area contributed by atoms with Gasteiger partial charge in [0.1, 0.15) is 10.6 Å². The lowest BCUT2D eigenvalue weighted by Gasteiger charge is -2.18. The van der Waals surface area contributed by atoms with Crippen LogP contribution in [-0.4, -0.2) is 28.6 Å². The van der Waals surface area contributed by atoms with Gasteiger partial charge in [-0.15, -0.1) is 0 Å². The number of aromatic nitrogens is 4. The molecular weight excluding hydrogens is 330 g/mol. The van der Waals surface area contributed by atoms with Crippen molar-refractivity contribution in [1.82, 2.24) is 24.9 Å². The molecule has 1 N–H and O–H groups in total. The highest BCUT2D eigenvalue weighted by atomic mass is 32.2. The number of hydrogen-bond acceptors (Lipinski definition) is 6. The maximum Gasteiger partial charge on any atom is 0.246 e. The van der Waals surface area contributed by atoms with Gasteiger partial charge in [0.25, 0.3) is 0 Å². The minimum atomic E-state index is -3.80. The van der Waals surface area contributed by atoms with Crippen LogP contribution < -0.4 is 4.72 Å². The fraction of sp³-hybridized carbons (Fsp3) is 0.267. The Morgan fingerprint density at radius 2 is 1.83 bits per heavy atom. The quantitative estimate of drug-likeness (QED) is 0.726. The first-order valence-electron chi connectivity index (χ1n) is 7.31. The average Bonchev–Trinajstić information content (AvgIpc) is 3.17. The van der Waals surface area contributed by atoms with Crippen molar-refractivity contribution < 1.29 is 12.9 Å². The van der Waals surface area contributed by atoms with E-state index in [9.17, 15) is 8.42 Å². The molecule has 0 fully saturated rings. The van der Waals surface area contributed by atoms with E-state index in [1.165, 1.54) is 4.80 Å². The van der Waals surface area contributed by atoms with E-state index in [1.807, 2.05) is 30.3 Å². The summed E-state index contributed by atoms with van der Waals surface area (Å²) in [7, 11) is -3.80. The van der Waals surface area contributed by atoms with Crippen molar-refractivity contribution in [2.75, 3.05) is 0 Å². The highest BCUT2D eigenvalue weighted by Gasteiger charge is 2.28. The van der Waals surface area contributed by atoms with Crippen molar-refractivity contribution in [3.63, 3.8) is 0 Å². The molecule has 2 heterocycles. The van der Waals surface area contributed by atoms with Gasteiger partial charge in [0.15, 0.2) is 5.76 Å². The molecule has 126 valence electrons. The molecule has 0 aliphatic carbocycles. The van der Waals surface area contributed by atoms with Crippen molar-refractivity contribution in [3.8, 4) is 0 Å². The zero-order valence-corrected chi connectivity index (χ0v) is 14.1. The maximum absolute atomic E-state index is 12.8. The summed E-state index contributed by atoms with van der Waals surface area (Å²) in [5, 5.41) is 11.8. The Morgan fingerprint density at radius 1 is 1.17 bits per heavy atom. The van der Waals surface area contributed by atoms with E-state index < -0.39 is 16.1 Å². The topological polar surface area (TPSA) is 103 Å². The molecule has 9 heteroatoms. The third-order valence-electron chi connectivity index (χ3n) is 3.55. The Morgan fingerprint density at radius 3 is 2.42 bits per heavy atom. The maximum atomic E-state index is 12.8. The van der Waals surface area contributed by atoms with Crippen LogP contribution in [0.5, 0.6) is 0 Å². The number of benzene rings is 1. The normalized spacial score (nSPS) is 13.1. The van der Waals surface area contributed by atoms with Crippen LogP contribution in [0.15, 0.2) is 52.1 Å². The number of nitrogens with one attached hydrogen (secondary N) is 1. The Bertz CT molecular complexity index is 885. The molecule has 0 spiro atoms. The first-order valence-corrected chi connectivity index (χ1v) is 8.80. The van der Waals surface area contributed by atoms with Gasteiger partial charge in [-0.1, -0.05) is 35.5 Å². The highest BCUT2D eigenvalue weighted by Crippen LogP contribution is 2.23. The summed E-state index contributed by atoms with van der Waals surface area (Å²) < 4.78 is 33.3. The molecule has 0 bridgehead atoms. The fourth-order valence-electron chi connectivity index (χ4n) is 2.50. The number of aryl methyl sites for hydroxylation is 2. The van der Waals surface area contributed by atoms with Crippen LogP contribution in [0.4, 0.5) is 0 Å². The van der Waals surface area contributed by atoms with Crippen molar-refractivity contribution in [1.29, 1.82) is 0 Å². The van der Waals surface area contributed by atoms with Gasteiger partial charge in [0.2, 0.25) is 10.0 Å². The van der Waals surface area contributed by atoms with Gasteiger partial charge in [0, 0.05) is 0 Å². The number of hydrogen-bond donors (Lipinski definition) is 1. The predicted molar refractivity (Wildman–Crippen MR) is 85.5 cm³/mol. The molecule has 0 saturated heterocycles. The Hall–Kier alpha value is -2.52. The van der Waals surface area contributed by atoms with E-state index in [0.29, 0.717) is 5.69 Å². The summed E-state index contributed by atoms with van der Waals surface area (Å²) in [5.41, 5.74) is 1.13. The largest absolute Gasteiger partial charge is 0.360 e.